The summed E-state index contributed by atoms with van der Waals surface area (Å²) < 4.78 is 4.66. The molecule has 4 nitrogen and oxygen atoms in total. The lowest BCUT2D eigenvalue weighted by Crippen LogP contribution is -2.47. The number of esters is 1. The Hall–Kier alpha value is -0.260. The van der Waals surface area contributed by atoms with Crippen LogP contribution < -0.4 is 0 Å². The third-order valence-electron chi connectivity index (χ3n) is 3.29. The average Bonchev–Trinajstić information content (AvgIpc) is 2.42. The molecule has 1 rings (SSSR count). The van der Waals surface area contributed by atoms with E-state index in [1.165, 1.54) is 31.6 Å². The molecule has 1 saturated heterocycles. The van der Waals surface area contributed by atoms with Gasteiger partial charge in [-0.25, -0.2) is 0 Å². The van der Waals surface area contributed by atoms with Gasteiger partial charge in [-0.05, 0) is 24.5 Å². The summed E-state index contributed by atoms with van der Waals surface area (Å²) in [5.74, 6) is 2.40. The van der Waals surface area contributed by atoms with E-state index in [4.69, 9.17) is 0 Å². The molecule has 0 amide bonds. The zero-order chi connectivity index (χ0) is 13.2. The molecule has 1 heterocycles. The van der Waals surface area contributed by atoms with E-state index in [2.05, 4.69) is 21.5 Å². The van der Waals surface area contributed by atoms with Crippen molar-refractivity contribution in [3.63, 3.8) is 0 Å². The predicted octanol–water partition coefficient (Wildman–Crippen LogP) is 1.31. The van der Waals surface area contributed by atoms with E-state index >= 15 is 0 Å². The molecule has 0 aromatic heterocycles. The highest BCUT2D eigenvalue weighted by Crippen LogP contribution is 2.06. The Morgan fingerprint density at radius 3 is 2.33 bits per heavy atom. The first-order chi connectivity index (χ1) is 8.76. The Morgan fingerprint density at radius 2 is 1.78 bits per heavy atom. The second-order valence-electron chi connectivity index (χ2n) is 4.56. The quantitative estimate of drug-likeness (QED) is 0.492. The zero-order valence-corrected chi connectivity index (χ0v) is 12.5. The van der Waals surface area contributed by atoms with Crippen molar-refractivity contribution < 1.29 is 9.53 Å². The third kappa shape index (κ3) is 6.61. The summed E-state index contributed by atoms with van der Waals surface area (Å²) in [5.41, 5.74) is 0. The first kappa shape index (κ1) is 15.8. The van der Waals surface area contributed by atoms with Crippen LogP contribution in [0.2, 0.25) is 0 Å². The maximum Gasteiger partial charge on any atom is 0.306 e. The van der Waals surface area contributed by atoms with Crippen LogP contribution in [0.3, 0.4) is 0 Å². The van der Waals surface area contributed by atoms with Gasteiger partial charge < -0.3 is 14.5 Å². The van der Waals surface area contributed by atoms with Crippen molar-refractivity contribution in [3.8, 4) is 0 Å². The maximum atomic E-state index is 11.1. The molecular formula is C13H26N2O2S. The van der Waals surface area contributed by atoms with Crippen LogP contribution in [0.15, 0.2) is 0 Å². The smallest absolute Gasteiger partial charge is 0.306 e. The first-order valence-corrected chi connectivity index (χ1v) is 8.01. The van der Waals surface area contributed by atoms with E-state index in [1.54, 1.807) is 0 Å². The molecule has 0 bridgehead atoms. The van der Waals surface area contributed by atoms with Crippen LogP contribution in [0.25, 0.3) is 0 Å². The Balaban J connectivity index is 2.03. The highest BCUT2D eigenvalue weighted by Gasteiger charge is 2.16. The Labute approximate surface area is 115 Å². The molecule has 0 N–H and O–H groups in total. The van der Waals surface area contributed by atoms with Crippen LogP contribution in [0, 0.1) is 0 Å². The molecule has 106 valence electrons. The molecule has 0 radical (unpaired) electrons. The molecule has 0 unspecified atom stereocenters. The minimum absolute atomic E-state index is 0.103. The van der Waals surface area contributed by atoms with Gasteiger partial charge in [-0.1, -0.05) is 6.92 Å². The zero-order valence-electron chi connectivity index (χ0n) is 11.7. The molecule has 1 aliphatic rings. The van der Waals surface area contributed by atoms with E-state index < -0.39 is 0 Å². The van der Waals surface area contributed by atoms with Crippen molar-refractivity contribution in [3.05, 3.63) is 0 Å². The molecule has 18 heavy (non-hydrogen) atoms. The summed E-state index contributed by atoms with van der Waals surface area (Å²) in [5, 5.41) is 0. The van der Waals surface area contributed by atoms with E-state index in [-0.39, 0.29) is 5.97 Å². The Kier molecular flexibility index (Phi) is 8.46. The minimum Gasteiger partial charge on any atom is -0.469 e. The lowest BCUT2D eigenvalue weighted by molar-refractivity contribution is -0.141. The fourth-order valence-corrected chi connectivity index (χ4v) is 2.74. The van der Waals surface area contributed by atoms with Crippen LogP contribution in [-0.2, 0) is 9.53 Å². The molecule has 5 heteroatoms. The van der Waals surface area contributed by atoms with Gasteiger partial charge in [-0.3, -0.25) is 4.79 Å². The van der Waals surface area contributed by atoms with Crippen molar-refractivity contribution in [2.45, 2.75) is 19.8 Å². The van der Waals surface area contributed by atoms with Gasteiger partial charge >= 0.3 is 5.97 Å². The molecule has 0 saturated carbocycles. The molecule has 0 atom stereocenters. The largest absolute Gasteiger partial charge is 0.469 e. The molecule has 0 aliphatic carbocycles. The average molecular weight is 274 g/mol. The highest BCUT2D eigenvalue weighted by molar-refractivity contribution is 7.99. The van der Waals surface area contributed by atoms with Gasteiger partial charge in [0.1, 0.15) is 0 Å². The molecular weight excluding hydrogens is 248 g/mol. The summed E-state index contributed by atoms with van der Waals surface area (Å²) in [6, 6.07) is 0. The van der Waals surface area contributed by atoms with Crippen LogP contribution in [-0.4, -0.2) is 73.7 Å². The number of methoxy groups -OCH3 is 1. The van der Waals surface area contributed by atoms with Crippen molar-refractivity contribution in [1.29, 1.82) is 0 Å². The SMILES string of the molecule is CCSCCCN1CCN(CCC(=O)OC)CC1. The molecule has 1 fully saturated rings. The molecule has 0 aromatic rings. The summed E-state index contributed by atoms with van der Waals surface area (Å²) in [6.07, 6.45) is 1.81. The number of hydrogen-bond donors (Lipinski definition) is 0. The lowest BCUT2D eigenvalue weighted by atomic mass is 10.2. The third-order valence-corrected chi connectivity index (χ3v) is 4.28. The van der Waals surface area contributed by atoms with Gasteiger partial charge in [0.05, 0.1) is 13.5 Å². The van der Waals surface area contributed by atoms with Crippen LogP contribution in [0.1, 0.15) is 19.8 Å². The minimum atomic E-state index is -0.103. The van der Waals surface area contributed by atoms with Gasteiger partial charge in [-0.2, -0.15) is 11.8 Å². The van der Waals surface area contributed by atoms with Crippen molar-refractivity contribution in [2.24, 2.45) is 0 Å². The summed E-state index contributed by atoms with van der Waals surface area (Å²) >= 11 is 2.02. The highest BCUT2D eigenvalue weighted by atomic mass is 32.2. The topological polar surface area (TPSA) is 32.8 Å². The Bertz CT molecular complexity index is 231. The van der Waals surface area contributed by atoms with Crippen LogP contribution in [0.4, 0.5) is 0 Å². The fourth-order valence-electron chi connectivity index (χ4n) is 2.12. The molecule has 0 spiro atoms. The second kappa shape index (κ2) is 9.64. The van der Waals surface area contributed by atoms with Crippen LogP contribution in [0.5, 0.6) is 0 Å². The van der Waals surface area contributed by atoms with Crippen molar-refractivity contribution in [2.75, 3.05) is 57.9 Å². The van der Waals surface area contributed by atoms with Gasteiger partial charge in [0.2, 0.25) is 0 Å². The predicted molar refractivity (Wildman–Crippen MR) is 77.1 cm³/mol. The number of carbonyl (C=O) groups is 1. The van der Waals surface area contributed by atoms with E-state index in [1.807, 2.05) is 11.8 Å². The second-order valence-corrected chi connectivity index (χ2v) is 5.95. The van der Waals surface area contributed by atoms with E-state index in [0.29, 0.717) is 6.42 Å². The lowest BCUT2D eigenvalue weighted by Gasteiger charge is -2.34. The van der Waals surface area contributed by atoms with Crippen LogP contribution >= 0.6 is 11.8 Å². The number of rotatable bonds is 8. The van der Waals surface area contributed by atoms with Crippen molar-refractivity contribution >= 4 is 17.7 Å². The summed E-state index contributed by atoms with van der Waals surface area (Å²) in [6.45, 7) is 8.71. The van der Waals surface area contributed by atoms with Gasteiger partial charge in [0.25, 0.3) is 0 Å². The van der Waals surface area contributed by atoms with Gasteiger partial charge in [0, 0.05) is 32.7 Å². The standard InChI is InChI=1S/C13H26N2O2S/c1-3-18-12-4-6-14-8-10-15(11-9-14)7-5-13(16)17-2/h3-12H2,1-2H3. The van der Waals surface area contributed by atoms with E-state index in [9.17, 15) is 4.79 Å². The van der Waals surface area contributed by atoms with Crippen molar-refractivity contribution in [1.82, 2.24) is 9.80 Å². The molecule has 1 aliphatic heterocycles. The first-order valence-electron chi connectivity index (χ1n) is 6.85. The number of ether oxygens (including phenoxy) is 1. The summed E-state index contributed by atoms with van der Waals surface area (Å²) in [4.78, 5) is 15.9. The van der Waals surface area contributed by atoms with Gasteiger partial charge in [0.15, 0.2) is 0 Å². The normalized spacial score (nSPS) is 17.9. The summed E-state index contributed by atoms with van der Waals surface area (Å²) in [7, 11) is 1.45. The monoisotopic (exact) mass is 274 g/mol. The maximum absolute atomic E-state index is 11.1. The molecule has 0 aromatic carbocycles. The number of carbonyl (C=O) groups excluding carboxylic acids is 1. The van der Waals surface area contributed by atoms with E-state index in [0.717, 1.165) is 32.7 Å². The number of thioether (sulfide) groups is 1. The fraction of sp³-hybridized carbons (Fsp3) is 0.923. The van der Waals surface area contributed by atoms with Gasteiger partial charge in [-0.15, -0.1) is 0 Å². The number of piperazine rings is 1. The Morgan fingerprint density at radius 1 is 1.17 bits per heavy atom. The number of nitrogens with zero attached hydrogens (tertiary/aromatic N) is 2. The number of hydrogen-bond acceptors (Lipinski definition) is 5.